The van der Waals surface area contributed by atoms with Crippen molar-refractivity contribution in [3.05, 3.63) is 86.1 Å². The van der Waals surface area contributed by atoms with Crippen molar-refractivity contribution in [2.45, 2.75) is 34.6 Å². The first-order chi connectivity index (χ1) is 15.2. The van der Waals surface area contributed by atoms with Crippen molar-refractivity contribution < 1.29 is 9.59 Å². The van der Waals surface area contributed by atoms with Crippen LogP contribution >= 0.6 is 23.6 Å². The summed E-state index contributed by atoms with van der Waals surface area (Å²) in [7, 11) is 0. The maximum Gasteiger partial charge on any atom is 0.270 e. The molecule has 32 heavy (non-hydrogen) atoms. The molecular formula is C26H24N2O2S2. The van der Waals surface area contributed by atoms with Crippen LogP contribution in [0, 0.1) is 34.6 Å². The van der Waals surface area contributed by atoms with E-state index in [2.05, 4.69) is 0 Å². The van der Waals surface area contributed by atoms with E-state index < -0.39 is 11.8 Å². The van der Waals surface area contributed by atoms with Gasteiger partial charge in [0.05, 0.1) is 11.4 Å². The summed E-state index contributed by atoms with van der Waals surface area (Å²) >= 11 is 7.30. The number of benzene rings is 2. The first-order valence-corrected chi connectivity index (χ1v) is 11.6. The molecule has 0 spiro atoms. The van der Waals surface area contributed by atoms with Gasteiger partial charge in [-0.15, -0.1) is 11.3 Å². The van der Waals surface area contributed by atoms with Crippen molar-refractivity contribution in [3.63, 3.8) is 0 Å². The number of rotatable bonds is 3. The molecule has 0 N–H and O–H groups in total. The fourth-order valence-electron chi connectivity index (χ4n) is 3.94. The fourth-order valence-corrected chi connectivity index (χ4v) is 5.12. The number of aryl methyl sites for hydroxylation is 5. The van der Waals surface area contributed by atoms with E-state index in [4.69, 9.17) is 12.2 Å². The van der Waals surface area contributed by atoms with Gasteiger partial charge in [0.15, 0.2) is 5.11 Å². The molecule has 162 valence electrons. The van der Waals surface area contributed by atoms with Gasteiger partial charge in [0, 0.05) is 9.75 Å². The zero-order chi connectivity index (χ0) is 23.2. The minimum absolute atomic E-state index is 0.0976. The Morgan fingerprint density at radius 2 is 1.25 bits per heavy atom. The van der Waals surface area contributed by atoms with Crippen LogP contribution in [0.25, 0.3) is 6.08 Å². The highest BCUT2D eigenvalue weighted by molar-refractivity contribution is 7.81. The highest BCUT2D eigenvalue weighted by atomic mass is 32.1. The van der Waals surface area contributed by atoms with E-state index in [0.29, 0.717) is 11.4 Å². The highest BCUT2D eigenvalue weighted by Crippen LogP contribution is 2.34. The van der Waals surface area contributed by atoms with Crippen molar-refractivity contribution in [2.24, 2.45) is 0 Å². The molecule has 0 aliphatic carbocycles. The summed E-state index contributed by atoms with van der Waals surface area (Å²) in [6.07, 6.45) is 1.68. The Morgan fingerprint density at radius 1 is 0.750 bits per heavy atom. The Labute approximate surface area is 197 Å². The summed E-state index contributed by atoms with van der Waals surface area (Å²) in [6.45, 7) is 9.90. The number of amides is 2. The fraction of sp³-hybridized carbons (Fsp3) is 0.192. The van der Waals surface area contributed by atoms with Crippen molar-refractivity contribution in [2.75, 3.05) is 9.80 Å². The quantitative estimate of drug-likeness (QED) is 0.272. The zero-order valence-corrected chi connectivity index (χ0v) is 20.4. The minimum Gasteiger partial charge on any atom is -0.268 e. The van der Waals surface area contributed by atoms with Crippen LogP contribution in [0.1, 0.15) is 32.0 Å². The third kappa shape index (κ3) is 3.92. The number of anilines is 2. The van der Waals surface area contributed by atoms with Gasteiger partial charge in [-0.2, -0.15) is 0 Å². The largest absolute Gasteiger partial charge is 0.270 e. The number of thiophene rings is 1. The Balaban J connectivity index is 1.92. The monoisotopic (exact) mass is 460 g/mol. The van der Waals surface area contributed by atoms with Gasteiger partial charge in [-0.1, -0.05) is 35.4 Å². The SMILES string of the molecule is Cc1ccc(N2C(=O)C(=Cc3ccc(C)s3)C(=O)N(c3ccc(C)cc3C)C2=S)c(C)c1. The average molecular weight is 461 g/mol. The molecule has 0 saturated carbocycles. The van der Waals surface area contributed by atoms with Crippen LogP contribution in [0.2, 0.25) is 0 Å². The molecule has 2 aromatic carbocycles. The van der Waals surface area contributed by atoms with Crippen molar-refractivity contribution in [1.82, 2.24) is 0 Å². The first-order valence-electron chi connectivity index (χ1n) is 10.3. The molecule has 4 nitrogen and oxygen atoms in total. The lowest BCUT2D eigenvalue weighted by Gasteiger charge is -2.37. The first kappa shape index (κ1) is 22.1. The van der Waals surface area contributed by atoms with Crippen LogP contribution in [-0.4, -0.2) is 16.9 Å². The van der Waals surface area contributed by atoms with Crippen LogP contribution in [-0.2, 0) is 9.59 Å². The predicted octanol–water partition coefficient (Wildman–Crippen LogP) is 6.04. The number of hydrogen-bond donors (Lipinski definition) is 0. The molecule has 1 aliphatic rings. The average Bonchev–Trinajstić information content (AvgIpc) is 3.13. The van der Waals surface area contributed by atoms with Gasteiger partial charge in [-0.05, 0) is 88.3 Å². The van der Waals surface area contributed by atoms with Crippen LogP contribution in [0.3, 0.4) is 0 Å². The second-order valence-electron chi connectivity index (χ2n) is 8.15. The molecule has 3 aromatic rings. The third-order valence-electron chi connectivity index (χ3n) is 5.48. The second-order valence-corrected chi connectivity index (χ2v) is 9.83. The molecule has 0 atom stereocenters. The Hall–Kier alpha value is -3.09. The van der Waals surface area contributed by atoms with Crippen LogP contribution < -0.4 is 9.80 Å². The second kappa shape index (κ2) is 8.45. The van der Waals surface area contributed by atoms with Crippen molar-refractivity contribution in [1.29, 1.82) is 0 Å². The molecule has 4 rings (SSSR count). The highest BCUT2D eigenvalue weighted by Gasteiger charge is 2.42. The smallest absolute Gasteiger partial charge is 0.268 e. The molecule has 6 heteroatoms. The standard InChI is InChI=1S/C26H24N2O2S2/c1-15-6-10-22(17(3)12-15)27-24(29)21(14-20-9-8-19(5)32-20)25(30)28(26(27)31)23-11-7-16(2)13-18(23)4/h6-14H,1-5H3. The summed E-state index contributed by atoms with van der Waals surface area (Å²) in [6, 6.07) is 15.6. The molecule has 1 saturated heterocycles. The van der Waals surface area contributed by atoms with E-state index in [1.54, 1.807) is 6.08 Å². The number of thiocarbonyl (C=S) groups is 1. The summed E-state index contributed by atoms with van der Waals surface area (Å²) in [5.74, 6) is -0.807. The van der Waals surface area contributed by atoms with Gasteiger partial charge in [-0.25, -0.2) is 0 Å². The van der Waals surface area contributed by atoms with Crippen LogP contribution in [0.4, 0.5) is 11.4 Å². The summed E-state index contributed by atoms with van der Waals surface area (Å²) < 4.78 is 0. The summed E-state index contributed by atoms with van der Waals surface area (Å²) in [5, 5.41) is 0.165. The van der Waals surface area contributed by atoms with Crippen LogP contribution in [0.5, 0.6) is 0 Å². The van der Waals surface area contributed by atoms with Gasteiger partial charge in [-0.3, -0.25) is 19.4 Å². The molecule has 0 radical (unpaired) electrons. The molecule has 2 amide bonds. The maximum atomic E-state index is 13.6. The zero-order valence-electron chi connectivity index (χ0n) is 18.7. The summed E-state index contributed by atoms with van der Waals surface area (Å²) in [5.41, 5.74) is 5.48. The third-order valence-corrected chi connectivity index (χ3v) is 6.80. The number of carbonyl (C=O) groups excluding carboxylic acids is 2. The lowest BCUT2D eigenvalue weighted by Crippen LogP contribution is -2.57. The van der Waals surface area contributed by atoms with Gasteiger partial charge < -0.3 is 0 Å². The van der Waals surface area contributed by atoms with E-state index in [0.717, 1.165) is 32.0 Å². The molecule has 1 fully saturated rings. The summed E-state index contributed by atoms with van der Waals surface area (Å²) in [4.78, 5) is 32.2. The molecule has 0 bridgehead atoms. The Bertz CT molecular complexity index is 1230. The number of nitrogens with zero attached hydrogens (tertiary/aromatic N) is 2. The number of carbonyl (C=O) groups is 2. The molecule has 1 aliphatic heterocycles. The van der Waals surface area contributed by atoms with Crippen LogP contribution in [0.15, 0.2) is 54.1 Å². The van der Waals surface area contributed by atoms with E-state index in [-0.39, 0.29) is 10.7 Å². The molecule has 0 unspecified atom stereocenters. The van der Waals surface area contributed by atoms with Gasteiger partial charge in [0.1, 0.15) is 5.57 Å². The van der Waals surface area contributed by atoms with Crippen molar-refractivity contribution >= 4 is 57.9 Å². The molecule has 1 aromatic heterocycles. The van der Waals surface area contributed by atoms with E-state index in [9.17, 15) is 9.59 Å². The Morgan fingerprint density at radius 3 is 1.66 bits per heavy atom. The maximum absolute atomic E-state index is 13.6. The Kier molecular flexibility index (Phi) is 5.84. The number of hydrogen-bond acceptors (Lipinski definition) is 4. The van der Waals surface area contributed by atoms with Gasteiger partial charge in [0.2, 0.25) is 0 Å². The van der Waals surface area contributed by atoms with Crippen molar-refractivity contribution in [3.8, 4) is 0 Å². The van der Waals surface area contributed by atoms with Gasteiger partial charge in [0.25, 0.3) is 11.8 Å². The normalized spacial score (nSPS) is 14.4. The minimum atomic E-state index is -0.404. The molecular weight excluding hydrogens is 436 g/mol. The lowest BCUT2D eigenvalue weighted by molar-refractivity contribution is -0.120. The lowest BCUT2D eigenvalue weighted by atomic mass is 10.0. The topological polar surface area (TPSA) is 40.6 Å². The predicted molar refractivity (Wildman–Crippen MR) is 136 cm³/mol. The van der Waals surface area contributed by atoms with E-state index in [1.165, 1.54) is 21.1 Å². The van der Waals surface area contributed by atoms with E-state index >= 15 is 0 Å². The van der Waals surface area contributed by atoms with E-state index in [1.807, 2.05) is 83.1 Å². The van der Waals surface area contributed by atoms with Gasteiger partial charge >= 0.3 is 0 Å². The molecule has 2 heterocycles.